The number of amides is 3. The van der Waals surface area contributed by atoms with E-state index in [0.29, 0.717) is 12.8 Å². The molecule has 9 nitrogen and oxygen atoms in total. The Morgan fingerprint density at radius 1 is 1.22 bits per heavy atom. The lowest BCUT2D eigenvalue weighted by Gasteiger charge is -2.10. The molecule has 0 aliphatic carbocycles. The Bertz CT molecular complexity index is 1020. The van der Waals surface area contributed by atoms with E-state index < -0.39 is 33.4 Å². The molecule has 2 aliphatic rings. The first-order chi connectivity index (χ1) is 12.7. The number of carbonyl (C=O) groups is 3. The molecular formula is C17H16N4O5S. The van der Waals surface area contributed by atoms with Crippen molar-refractivity contribution in [2.24, 2.45) is 10.2 Å². The van der Waals surface area contributed by atoms with Crippen LogP contribution in [0, 0.1) is 12.3 Å². The molecule has 1 aromatic carbocycles. The van der Waals surface area contributed by atoms with Crippen molar-refractivity contribution in [1.29, 1.82) is 0 Å². The largest absolute Gasteiger partial charge is 0.277 e. The van der Waals surface area contributed by atoms with E-state index in [-0.39, 0.29) is 28.9 Å². The van der Waals surface area contributed by atoms with Crippen LogP contribution < -0.4 is 4.72 Å². The van der Waals surface area contributed by atoms with Crippen molar-refractivity contribution in [1.82, 2.24) is 9.62 Å². The highest BCUT2D eigenvalue weighted by atomic mass is 32.2. The maximum absolute atomic E-state index is 12.4. The summed E-state index contributed by atoms with van der Waals surface area (Å²) >= 11 is 0. The smallest absolute Gasteiger partial charge is 0.264 e. The number of hydrogen-bond acceptors (Lipinski definition) is 7. The fourth-order valence-electron chi connectivity index (χ4n) is 2.75. The van der Waals surface area contributed by atoms with Gasteiger partial charge in [-0.15, -0.1) is 12.3 Å². The number of nitrogens with zero attached hydrogens (tertiary/aromatic N) is 3. The summed E-state index contributed by atoms with van der Waals surface area (Å²) in [7, 11) is -2.87. The van der Waals surface area contributed by atoms with Crippen LogP contribution >= 0.6 is 0 Å². The van der Waals surface area contributed by atoms with Gasteiger partial charge in [-0.3, -0.25) is 19.3 Å². The van der Waals surface area contributed by atoms with Crippen molar-refractivity contribution >= 4 is 27.7 Å². The molecule has 1 N–H and O–H groups in total. The van der Waals surface area contributed by atoms with Gasteiger partial charge in [0, 0.05) is 32.7 Å². The van der Waals surface area contributed by atoms with E-state index in [9.17, 15) is 22.8 Å². The van der Waals surface area contributed by atoms with Crippen LogP contribution in [0.25, 0.3) is 0 Å². The van der Waals surface area contributed by atoms with Crippen molar-refractivity contribution in [3.8, 4) is 12.3 Å². The molecule has 27 heavy (non-hydrogen) atoms. The second kappa shape index (κ2) is 6.59. The number of rotatable bonds is 7. The highest BCUT2D eigenvalue weighted by Gasteiger charge is 2.39. The topological polar surface area (TPSA) is 125 Å². The monoisotopic (exact) mass is 388 g/mol. The van der Waals surface area contributed by atoms with Crippen LogP contribution in [0.4, 0.5) is 0 Å². The standard InChI is InChI=1S/C17H16N4O5S/c1-3-4-8-17(19-20-17)9-7-14(22)18-27(25,26)11-5-6-12-13(10-11)16(24)21(2)15(12)23/h1,5-6,10H,4,7-9H2,2H3,(H,18,22). The molecule has 1 aromatic rings. The molecular weight excluding hydrogens is 372 g/mol. The maximum atomic E-state index is 12.4. The SMILES string of the molecule is C#CCCC1(CCC(=O)NS(=O)(=O)c2ccc3c(c2)C(=O)N(C)C3=O)N=N1. The molecule has 0 atom stereocenters. The molecule has 0 bridgehead atoms. The highest BCUT2D eigenvalue weighted by Crippen LogP contribution is 2.37. The summed E-state index contributed by atoms with van der Waals surface area (Å²) in [6, 6.07) is 3.53. The van der Waals surface area contributed by atoms with Crippen molar-refractivity contribution in [3.63, 3.8) is 0 Å². The van der Waals surface area contributed by atoms with Crippen molar-refractivity contribution in [2.45, 2.75) is 36.2 Å². The Morgan fingerprint density at radius 2 is 1.89 bits per heavy atom. The third-order valence-electron chi connectivity index (χ3n) is 4.42. The lowest BCUT2D eigenvalue weighted by atomic mass is 10.0. The fourth-order valence-corrected chi connectivity index (χ4v) is 3.79. The molecule has 140 valence electrons. The summed E-state index contributed by atoms with van der Waals surface area (Å²) in [5.41, 5.74) is -0.569. The van der Waals surface area contributed by atoms with E-state index in [0.717, 1.165) is 11.0 Å². The summed E-state index contributed by atoms with van der Waals surface area (Å²) in [6.45, 7) is 0. The van der Waals surface area contributed by atoms with E-state index in [4.69, 9.17) is 6.42 Å². The molecule has 0 unspecified atom stereocenters. The number of terminal acetylenes is 1. The normalized spacial score (nSPS) is 16.8. The second-order valence-electron chi connectivity index (χ2n) is 6.29. The zero-order valence-corrected chi connectivity index (χ0v) is 15.2. The summed E-state index contributed by atoms with van der Waals surface area (Å²) in [5.74, 6) is 0.660. The molecule has 2 heterocycles. The quantitative estimate of drug-likeness (QED) is 0.552. The number of sulfonamides is 1. The number of carbonyl (C=O) groups excluding carboxylic acids is 3. The van der Waals surface area contributed by atoms with Crippen LogP contribution in [0.1, 0.15) is 46.4 Å². The predicted molar refractivity (Wildman–Crippen MR) is 93.1 cm³/mol. The number of fused-ring (bicyclic) bond motifs is 1. The molecule has 0 saturated heterocycles. The van der Waals surface area contributed by atoms with Gasteiger partial charge < -0.3 is 0 Å². The van der Waals surface area contributed by atoms with Crippen molar-refractivity contribution < 1.29 is 22.8 Å². The highest BCUT2D eigenvalue weighted by molar-refractivity contribution is 7.90. The summed E-state index contributed by atoms with van der Waals surface area (Å²) in [6.07, 6.45) is 6.33. The zero-order valence-electron chi connectivity index (χ0n) is 14.4. The van der Waals surface area contributed by atoms with Gasteiger partial charge in [-0.2, -0.15) is 10.2 Å². The third kappa shape index (κ3) is 3.59. The third-order valence-corrected chi connectivity index (χ3v) is 5.80. The molecule has 0 aromatic heterocycles. The lowest BCUT2D eigenvalue weighted by molar-refractivity contribution is -0.119. The number of hydrogen-bond donors (Lipinski definition) is 1. The predicted octanol–water partition coefficient (Wildman–Crippen LogP) is 1.07. The summed E-state index contributed by atoms with van der Waals surface area (Å²) in [4.78, 5) is 36.5. The molecule has 10 heteroatoms. The van der Waals surface area contributed by atoms with Gasteiger partial charge >= 0.3 is 0 Å². The molecule has 2 aliphatic heterocycles. The van der Waals surface area contributed by atoms with E-state index in [1.54, 1.807) is 0 Å². The van der Waals surface area contributed by atoms with Crippen molar-refractivity contribution in [2.75, 3.05) is 7.05 Å². The molecule has 3 amide bonds. The minimum atomic E-state index is -4.18. The average molecular weight is 388 g/mol. The Hall–Kier alpha value is -3.06. The van der Waals surface area contributed by atoms with Gasteiger partial charge in [0.05, 0.1) is 16.0 Å². The number of nitrogens with one attached hydrogen (secondary N) is 1. The summed E-state index contributed by atoms with van der Waals surface area (Å²) < 4.78 is 26.8. The average Bonchev–Trinajstić information content (AvgIpc) is 3.38. The Labute approximate surface area is 155 Å². The van der Waals surface area contributed by atoms with Gasteiger partial charge in [-0.05, 0) is 18.2 Å². The second-order valence-corrected chi connectivity index (χ2v) is 7.97. The Morgan fingerprint density at radius 3 is 2.52 bits per heavy atom. The van der Waals surface area contributed by atoms with Crippen LogP contribution in [0.3, 0.4) is 0 Å². The first-order valence-electron chi connectivity index (χ1n) is 8.09. The zero-order chi connectivity index (χ0) is 19.8. The minimum absolute atomic E-state index is 0.0124. The lowest BCUT2D eigenvalue weighted by Crippen LogP contribution is -2.31. The van der Waals surface area contributed by atoms with Crippen LogP contribution in [0.15, 0.2) is 33.3 Å². The van der Waals surface area contributed by atoms with Gasteiger partial charge in [0.15, 0.2) is 5.66 Å². The van der Waals surface area contributed by atoms with Gasteiger partial charge in [0.25, 0.3) is 21.8 Å². The summed E-state index contributed by atoms with van der Waals surface area (Å²) in [5, 5.41) is 7.77. The van der Waals surface area contributed by atoms with Gasteiger partial charge in [-0.25, -0.2) is 13.1 Å². The minimum Gasteiger partial charge on any atom is -0.277 e. The number of benzene rings is 1. The van der Waals surface area contributed by atoms with E-state index >= 15 is 0 Å². The Kier molecular flexibility index (Phi) is 4.57. The molecule has 0 radical (unpaired) electrons. The van der Waals surface area contributed by atoms with Gasteiger partial charge in [-0.1, -0.05) is 0 Å². The van der Waals surface area contributed by atoms with Crippen LogP contribution in [0.5, 0.6) is 0 Å². The van der Waals surface area contributed by atoms with Crippen LogP contribution in [-0.4, -0.2) is 43.7 Å². The van der Waals surface area contributed by atoms with Gasteiger partial charge in [0.2, 0.25) is 5.91 Å². The Balaban J connectivity index is 1.67. The van der Waals surface area contributed by atoms with Crippen LogP contribution in [-0.2, 0) is 14.8 Å². The van der Waals surface area contributed by atoms with Crippen LogP contribution in [0.2, 0.25) is 0 Å². The fraction of sp³-hybridized carbons (Fsp3) is 0.353. The maximum Gasteiger partial charge on any atom is 0.264 e. The first-order valence-corrected chi connectivity index (χ1v) is 9.57. The molecule has 0 fully saturated rings. The van der Waals surface area contributed by atoms with E-state index in [2.05, 4.69) is 16.1 Å². The molecule has 0 spiro atoms. The molecule has 0 saturated carbocycles. The number of imide groups is 1. The van der Waals surface area contributed by atoms with Crippen molar-refractivity contribution in [3.05, 3.63) is 29.3 Å². The van der Waals surface area contributed by atoms with Gasteiger partial charge in [0.1, 0.15) is 0 Å². The first kappa shape index (κ1) is 18.7. The van der Waals surface area contributed by atoms with E-state index in [1.807, 2.05) is 4.72 Å². The molecule has 3 rings (SSSR count). The van der Waals surface area contributed by atoms with E-state index in [1.165, 1.54) is 19.2 Å².